The van der Waals surface area contributed by atoms with Gasteiger partial charge < -0.3 is 10.5 Å². The average molecular weight is 229 g/mol. The highest BCUT2D eigenvalue weighted by Gasteiger charge is 2.06. The summed E-state index contributed by atoms with van der Waals surface area (Å²) in [6, 6.07) is 7.72. The lowest BCUT2D eigenvalue weighted by Gasteiger charge is -2.08. The topological polar surface area (TPSA) is 61.0 Å². The van der Waals surface area contributed by atoms with E-state index in [1.807, 2.05) is 19.1 Å². The van der Waals surface area contributed by atoms with Gasteiger partial charge in [0.1, 0.15) is 17.4 Å². The highest BCUT2D eigenvalue weighted by Crippen LogP contribution is 2.21. The number of benzene rings is 1. The first-order valence-corrected chi connectivity index (χ1v) is 5.40. The molecule has 4 heteroatoms. The number of anilines is 1. The van der Waals surface area contributed by atoms with Gasteiger partial charge in [-0.3, -0.25) is 0 Å². The predicted molar refractivity (Wildman–Crippen MR) is 67.0 cm³/mol. The lowest BCUT2D eigenvalue weighted by molar-refractivity contribution is 0.410. The zero-order valence-corrected chi connectivity index (χ0v) is 9.97. The highest BCUT2D eigenvalue weighted by molar-refractivity contribution is 5.39. The predicted octanol–water partition coefficient (Wildman–Crippen LogP) is 1.97. The number of nitrogen functional groups attached to an aromatic ring is 1. The number of nitrogens with zero attached hydrogens (tertiary/aromatic N) is 2. The molecule has 1 aromatic heterocycles. The van der Waals surface area contributed by atoms with E-state index in [-0.39, 0.29) is 0 Å². The molecule has 17 heavy (non-hydrogen) atoms. The molecule has 0 aliphatic carbocycles. The van der Waals surface area contributed by atoms with Crippen LogP contribution in [0.2, 0.25) is 0 Å². The molecule has 0 saturated carbocycles. The fourth-order valence-corrected chi connectivity index (χ4v) is 1.72. The normalized spacial score (nSPS) is 10.2. The average Bonchev–Trinajstić information content (AvgIpc) is 2.29. The number of hydrogen-bond acceptors (Lipinski definition) is 4. The van der Waals surface area contributed by atoms with Gasteiger partial charge in [-0.25, -0.2) is 9.97 Å². The Balaban J connectivity index is 2.32. The number of aryl methyl sites for hydroxylation is 1. The smallest absolute Gasteiger partial charge is 0.135 e. The Morgan fingerprint density at radius 3 is 2.82 bits per heavy atom. The lowest BCUT2D eigenvalue weighted by Crippen LogP contribution is -2.01. The van der Waals surface area contributed by atoms with Gasteiger partial charge >= 0.3 is 0 Å². The van der Waals surface area contributed by atoms with Gasteiger partial charge in [-0.05, 0) is 19.1 Å². The lowest BCUT2D eigenvalue weighted by atomic mass is 10.1. The van der Waals surface area contributed by atoms with Gasteiger partial charge in [-0.1, -0.05) is 17.7 Å². The summed E-state index contributed by atoms with van der Waals surface area (Å²) >= 11 is 0. The van der Waals surface area contributed by atoms with E-state index in [2.05, 4.69) is 16.0 Å². The molecule has 4 nitrogen and oxygen atoms in total. The van der Waals surface area contributed by atoms with Crippen LogP contribution in [0.5, 0.6) is 5.75 Å². The molecule has 0 bridgehead atoms. The molecule has 0 radical (unpaired) electrons. The third-order valence-corrected chi connectivity index (χ3v) is 2.51. The van der Waals surface area contributed by atoms with Gasteiger partial charge in [0.2, 0.25) is 0 Å². The second-order valence-electron chi connectivity index (χ2n) is 3.89. The molecule has 0 saturated heterocycles. The van der Waals surface area contributed by atoms with Crippen LogP contribution >= 0.6 is 0 Å². The van der Waals surface area contributed by atoms with Crippen molar-refractivity contribution in [3.63, 3.8) is 0 Å². The maximum Gasteiger partial charge on any atom is 0.135 e. The van der Waals surface area contributed by atoms with Gasteiger partial charge in [0.25, 0.3) is 0 Å². The van der Waals surface area contributed by atoms with Gasteiger partial charge in [0.15, 0.2) is 0 Å². The molecule has 0 unspecified atom stereocenters. The van der Waals surface area contributed by atoms with Crippen molar-refractivity contribution in [2.45, 2.75) is 13.3 Å². The van der Waals surface area contributed by atoms with Crippen LogP contribution in [0.25, 0.3) is 0 Å². The summed E-state index contributed by atoms with van der Waals surface area (Å²) in [6.07, 6.45) is 2.29. The molecule has 2 N–H and O–H groups in total. The molecule has 0 spiro atoms. The molecule has 2 rings (SSSR count). The van der Waals surface area contributed by atoms with Gasteiger partial charge in [-0.15, -0.1) is 0 Å². The zero-order valence-electron chi connectivity index (χ0n) is 9.97. The third-order valence-electron chi connectivity index (χ3n) is 2.51. The van der Waals surface area contributed by atoms with Crippen LogP contribution in [0.4, 0.5) is 5.82 Å². The third kappa shape index (κ3) is 2.72. The van der Waals surface area contributed by atoms with Gasteiger partial charge in [0, 0.05) is 18.2 Å². The van der Waals surface area contributed by atoms with E-state index in [0.29, 0.717) is 18.1 Å². The Morgan fingerprint density at radius 2 is 2.12 bits per heavy atom. The van der Waals surface area contributed by atoms with Crippen molar-refractivity contribution >= 4 is 5.82 Å². The van der Waals surface area contributed by atoms with Crippen LogP contribution in [-0.2, 0) is 6.42 Å². The molecule has 0 fully saturated rings. The Hall–Kier alpha value is -2.10. The van der Waals surface area contributed by atoms with Crippen molar-refractivity contribution in [2.24, 2.45) is 0 Å². The molecule has 0 atom stereocenters. The number of ether oxygens (including phenoxy) is 1. The van der Waals surface area contributed by atoms with Crippen LogP contribution in [-0.4, -0.2) is 17.1 Å². The highest BCUT2D eigenvalue weighted by atomic mass is 16.5. The number of rotatable bonds is 3. The Kier molecular flexibility index (Phi) is 3.23. The van der Waals surface area contributed by atoms with E-state index in [1.54, 1.807) is 19.4 Å². The van der Waals surface area contributed by atoms with E-state index in [4.69, 9.17) is 10.5 Å². The van der Waals surface area contributed by atoms with E-state index < -0.39 is 0 Å². The fourth-order valence-electron chi connectivity index (χ4n) is 1.72. The molecule has 1 aromatic carbocycles. The number of nitrogens with two attached hydrogens (primary N) is 1. The molecule has 0 aliphatic heterocycles. The molecular formula is C13H15N3O. The Bertz CT molecular complexity index is 526. The number of aromatic nitrogens is 2. The second kappa shape index (κ2) is 4.82. The molecule has 0 amide bonds. The first-order chi connectivity index (χ1) is 8.19. The number of methoxy groups -OCH3 is 1. The van der Waals surface area contributed by atoms with E-state index >= 15 is 0 Å². The first kappa shape index (κ1) is 11.4. The van der Waals surface area contributed by atoms with Crippen molar-refractivity contribution in [1.29, 1.82) is 0 Å². The van der Waals surface area contributed by atoms with Crippen LogP contribution in [0.1, 0.15) is 17.0 Å². The van der Waals surface area contributed by atoms with Crippen molar-refractivity contribution < 1.29 is 4.74 Å². The van der Waals surface area contributed by atoms with Crippen LogP contribution < -0.4 is 10.5 Å². The SMILES string of the molecule is COc1ccc(C)cc1Cc1nccc(N)n1. The summed E-state index contributed by atoms with van der Waals surface area (Å²) in [5.41, 5.74) is 7.88. The zero-order chi connectivity index (χ0) is 12.3. The first-order valence-electron chi connectivity index (χ1n) is 5.40. The second-order valence-corrected chi connectivity index (χ2v) is 3.89. The van der Waals surface area contributed by atoms with Crippen molar-refractivity contribution in [3.05, 3.63) is 47.4 Å². The Morgan fingerprint density at radius 1 is 1.29 bits per heavy atom. The van der Waals surface area contributed by atoms with Gasteiger partial charge in [0.05, 0.1) is 7.11 Å². The summed E-state index contributed by atoms with van der Waals surface area (Å²) in [5.74, 6) is 2.04. The maximum absolute atomic E-state index is 5.63. The van der Waals surface area contributed by atoms with Gasteiger partial charge in [-0.2, -0.15) is 0 Å². The minimum atomic E-state index is 0.488. The summed E-state index contributed by atoms with van der Waals surface area (Å²) in [7, 11) is 1.66. The van der Waals surface area contributed by atoms with Crippen molar-refractivity contribution in [1.82, 2.24) is 9.97 Å². The summed E-state index contributed by atoms with van der Waals surface area (Å²) in [6.45, 7) is 2.04. The monoisotopic (exact) mass is 229 g/mol. The van der Waals surface area contributed by atoms with Crippen LogP contribution in [0, 0.1) is 6.92 Å². The minimum Gasteiger partial charge on any atom is -0.496 e. The van der Waals surface area contributed by atoms with E-state index in [1.165, 1.54) is 5.56 Å². The standard InChI is InChI=1S/C13H15N3O/c1-9-3-4-11(17-2)10(7-9)8-13-15-6-5-12(14)16-13/h3-7H,8H2,1-2H3,(H2,14,15,16). The van der Waals surface area contributed by atoms with Crippen molar-refractivity contribution in [2.75, 3.05) is 12.8 Å². The summed E-state index contributed by atoms with van der Waals surface area (Å²) in [4.78, 5) is 8.38. The summed E-state index contributed by atoms with van der Waals surface area (Å²) < 4.78 is 5.32. The molecule has 0 aliphatic rings. The molecule has 1 heterocycles. The Labute approximate surface area is 100 Å². The summed E-state index contributed by atoms with van der Waals surface area (Å²) in [5, 5.41) is 0. The quantitative estimate of drug-likeness (QED) is 0.874. The molecular weight excluding hydrogens is 214 g/mol. The van der Waals surface area contributed by atoms with E-state index in [9.17, 15) is 0 Å². The largest absolute Gasteiger partial charge is 0.496 e. The number of hydrogen-bond donors (Lipinski definition) is 1. The van der Waals surface area contributed by atoms with E-state index in [0.717, 1.165) is 11.3 Å². The molecule has 88 valence electrons. The fraction of sp³-hybridized carbons (Fsp3) is 0.231. The van der Waals surface area contributed by atoms with Crippen molar-refractivity contribution in [3.8, 4) is 5.75 Å². The molecule has 2 aromatic rings. The van der Waals surface area contributed by atoms with Crippen LogP contribution in [0.3, 0.4) is 0 Å². The maximum atomic E-state index is 5.63. The minimum absolute atomic E-state index is 0.488. The van der Waals surface area contributed by atoms with Crippen LogP contribution in [0.15, 0.2) is 30.5 Å².